The van der Waals surface area contributed by atoms with E-state index in [1.807, 2.05) is 0 Å². The molecule has 1 aromatic heterocycles. The lowest BCUT2D eigenvalue weighted by Crippen LogP contribution is -2.44. The summed E-state index contributed by atoms with van der Waals surface area (Å²) in [7, 11) is 0. The number of nitrogens with one attached hydrogen (secondary N) is 1. The zero-order valence-electron chi connectivity index (χ0n) is 10.1. The lowest BCUT2D eigenvalue weighted by atomic mass is 10.1. The van der Waals surface area contributed by atoms with Gasteiger partial charge in [0, 0.05) is 12.6 Å². The lowest BCUT2D eigenvalue weighted by molar-refractivity contribution is -0.120. The number of hydrogen-bond donors (Lipinski definition) is 2. The van der Waals surface area contributed by atoms with Gasteiger partial charge in [-0.1, -0.05) is 6.07 Å². The number of hydrogen-bond acceptors (Lipinski definition) is 4. The number of ketones is 1. The minimum atomic E-state index is -0.858. The Hall–Kier alpha value is -2.24. The Labute approximate surface area is 105 Å². The van der Waals surface area contributed by atoms with Crippen LogP contribution in [0.1, 0.15) is 30.3 Å². The molecular weight excluding hydrogens is 234 g/mol. The number of nitrogens with two attached hydrogens (primary N) is 1. The normalized spacial score (nSPS) is 11.6. The number of amides is 2. The molecule has 1 heterocycles. The molecule has 0 spiro atoms. The first-order valence-electron chi connectivity index (χ1n) is 5.51. The molecule has 0 bridgehead atoms. The highest BCUT2D eigenvalue weighted by atomic mass is 16.2. The SMILES string of the molecule is CC(=O)CC[C@H](NC(=O)c1ccccn1)C(N)=O. The van der Waals surface area contributed by atoms with Gasteiger partial charge in [0.2, 0.25) is 5.91 Å². The molecular formula is C12H15N3O3. The van der Waals surface area contributed by atoms with Gasteiger partial charge in [-0.25, -0.2) is 0 Å². The summed E-state index contributed by atoms with van der Waals surface area (Å²) in [5.74, 6) is -1.21. The molecule has 0 saturated heterocycles. The summed E-state index contributed by atoms with van der Waals surface area (Å²) < 4.78 is 0. The van der Waals surface area contributed by atoms with E-state index in [1.165, 1.54) is 19.2 Å². The Morgan fingerprint density at radius 3 is 2.61 bits per heavy atom. The topological polar surface area (TPSA) is 102 Å². The van der Waals surface area contributed by atoms with E-state index in [2.05, 4.69) is 10.3 Å². The molecule has 6 heteroatoms. The molecule has 0 aliphatic carbocycles. The Bertz CT molecular complexity index is 445. The van der Waals surface area contributed by atoms with Gasteiger partial charge in [-0.2, -0.15) is 0 Å². The van der Waals surface area contributed by atoms with E-state index in [9.17, 15) is 14.4 Å². The summed E-state index contributed by atoms with van der Waals surface area (Å²) in [5.41, 5.74) is 5.36. The highest BCUT2D eigenvalue weighted by Gasteiger charge is 2.19. The molecule has 0 saturated carbocycles. The molecule has 0 aliphatic heterocycles. The van der Waals surface area contributed by atoms with Gasteiger partial charge < -0.3 is 15.8 Å². The quantitative estimate of drug-likeness (QED) is 0.742. The molecule has 0 fully saturated rings. The summed E-state index contributed by atoms with van der Waals surface area (Å²) in [6, 6.07) is 4.01. The van der Waals surface area contributed by atoms with Crippen LogP contribution >= 0.6 is 0 Å². The first-order chi connectivity index (χ1) is 8.50. The van der Waals surface area contributed by atoms with E-state index < -0.39 is 17.9 Å². The maximum atomic E-state index is 11.7. The van der Waals surface area contributed by atoms with Crippen LogP contribution in [0.25, 0.3) is 0 Å². The fraction of sp³-hybridized carbons (Fsp3) is 0.333. The van der Waals surface area contributed by atoms with Gasteiger partial charge in [-0.3, -0.25) is 14.6 Å². The van der Waals surface area contributed by atoms with Crippen LogP contribution in [0.4, 0.5) is 0 Å². The maximum absolute atomic E-state index is 11.7. The van der Waals surface area contributed by atoms with E-state index in [0.29, 0.717) is 0 Å². The van der Waals surface area contributed by atoms with Crippen molar-refractivity contribution in [3.63, 3.8) is 0 Å². The number of rotatable bonds is 6. The number of Topliss-reactive ketones (excluding diaryl/α,β-unsaturated/α-hetero) is 1. The molecule has 6 nitrogen and oxygen atoms in total. The molecule has 0 aromatic carbocycles. The smallest absolute Gasteiger partial charge is 0.270 e. The third-order valence-electron chi connectivity index (χ3n) is 2.33. The number of carbonyl (C=O) groups is 3. The average Bonchev–Trinajstić information content (AvgIpc) is 2.34. The summed E-state index contributed by atoms with van der Waals surface area (Å²) in [5, 5.41) is 2.46. The Balaban J connectivity index is 2.64. The Morgan fingerprint density at radius 2 is 2.11 bits per heavy atom. The molecule has 2 amide bonds. The number of pyridine rings is 1. The molecule has 1 aromatic rings. The van der Waals surface area contributed by atoms with E-state index in [1.54, 1.807) is 12.1 Å². The maximum Gasteiger partial charge on any atom is 0.270 e. The third-order valence-corrected chi connectivity index (χ3v) is 2.33. The van der Waals surface area contributed by atoms with Crippen molar-refractivity contribution in [2.75, 3.05) is 0 Å². The zero-order valence-corrected chi connectivity index (χ0v) is 10.1. The van der Waals surface area contributed by atoms with Crippen LogP contribution in [-0.2, 0) is 9.59 Å². The first kappa shape index (κ1) is 13.8. The highest BCUT2D eigenvalue weighted by Crippen LogP contribution is 2.00. The van der Waals surface area contributed by atoms with Crippen LogP contribution in [0.2, 0.25) is 0 Å². The standard InChI is InChI=1S/C12H15N3O3/c1-8(16)5-6-9(11(13)17)15-12(18)10-4-2-3-7-14-10/h2-4,7,9H,5-6H2,1H3,(H2,13,17)(H,15,18)/t9-/m0/s1. The van der Waals surface area contributed by atoms with Crippen molar-refractivity contribution >= 4 is 17.6 Å². The second-order valence-electron chi connectivity index (χ2n) is 3.88. The van der Waals surface area contributed by atoms with Crippen molar-refractivity contribution in [3.8, 4) is 0 Å². The third kappa shape index (κ3) is 4.32. The number of primary amides is 1. The van der Waals surface area contributed by atoms with Gasteiger partial charge in [0.05, 0.1) is 0 Å². The minimum Gasteiger partial charge on any atom is -0.368 e. The first-order valence-corrected chi connectivity index (χ1v) is 5.51. The zero-order chi connectivity index (χ0) is 13.5. The van der Waals surface area contributed by atoms with Crippen LogP contribution < -0.4 is 11.1 Å². The van der Waals surface area contributed by atoms with Crippen molar-refractivity contribution in [2.45, 2.75) is 25.8 Å². The molecule has 96 valence electrons. The van der Waals surface area contributed by atoms with Crippen molar-refractivity contribution in [2.24, 2.45) is 5.73 Å². The van der Waals surface area contributed by atoms with E-state index >= 15 is 0 Å². The molecule has 3 N–H and O–H groups in total. The largest absolute Gasteiger partial charge is 0.368 e. The van der Waals surface area contributed by atoms with Crippen LogP contribution in [0.5, 0.6) is 0 Å². The monoisotopic (exact) mass is 249 g/mol. The summed E-state index contributed by atoms with van der Waals surface area (Å²) in [6.07, 6.45) is 1.86. The fourth-order valence-corrected chi connectivity index (χ4v) is 1.36. The molecule has 0 unspecified atom stereocenters. The number of carbonyl (C=O) groups excluding carboxylic acids is 3. The van der Waals surface area contributed by atoms with Crippen molar-refractivity contribution in [1.29, 1.82) is 0 Å². The van der Waals surface area contributed by atoms with Crippen LogP contribution in [0.3, 0.4) is 0 Å². The molecule has 1 rings (SSSR count). The van der Waals surface area contributed by atoms with Crippen molar-refractivity contribution in [1.82, 2.24) is 10.3 Å². The van der Waals surface area contributed by atoms with Crippen molar-refractivity contribution < 1.29 is 14.4 Å². The number of aromatic nitrogens is 1. The van der Waals surface area contributed by atoms with E-state index in [0.717, 1.165) is 0 Å². The van der Waals surface area contributed by atoms with Gasteiger partial charge in [0.15, 0.2) is 0 Å². The summed E-state index contributed by atoms with van der Waals surface area (Å²) in [4.78, 5) is 37.6. The molecule has 1 atom stereocenters. The van der Waals surface area contributed by atoms with Crippen LogP contribution in [0.15, 0.2) is 24.4 Å². The second-order valence-corrected chi connectivity index (χ2v) is 3.88. The lowest BCUT2D eigenvalue weighted by Gasteiger charge is -2.14. The highest BCUT2D eigenvalue weighted by molar-refractivity contribution is 5.95. The van der Waals surface area contributed by atoms with E-state index in [4.69, 9.17) is 5.73 Å². The number of nitrogens with zero attached hydrogens (tertiary/aromatic N) is 1. The van der Waals surface area contributed by atoms with Gasteiger partial charge in [-0.15, -0.1) is 0 Å². The van der Waals surface area contributed by atoms with E-state index in [-0.39, 0.29) is 24.3 Å². The van der Waals surface area contributed by atoms with Gasteiger partial charge in [0.1, 0.15) is 17.5 Å². The Morgan fingerprint density at radius 1 is 1.39 bits per heavy atom. The summed E-state index contributed by atoms with van der Waals surface area (Å²) >= 11 is 0. The van der Waals surface area contributed by atoms with Gasteiger partial charge in [-0.05, 0) is 25.5 Å². The molecule has 0 radical (unpaired) electrons. The van der Waals surface area contributed by atoms with Crippen LogP contribution in [0, 0.1) is 0 Å². The van der Waals surface area contributed by atoms with Crippen molar-refractivity contribution in [3.05, 3.63) is 30.1 Å². The minimum absolute atomic E-state index is 0.0617. The molecule has 0 aliphatic rings. The average molecular weight is 249 g/mol. The van der Waals surface area contributed by atoms with Gasteiger partial charge in [0.25, 0.3) is 5.91 Å². The predicted octanol–water partition coefficient (Wildman–Crippen LogP) is 0.0345. The Kier molecular flexibility index (Phi) is 4.98. The molecule has 18 heavy (non-hydrogen) atoms. The predicted molar refractivity (Wildman–Crippen MR) is 64.6 cm³/mol. The second kappa shape index (κ2) is 6.48. The summed E-state index contributed by atoms with van der Waals surface area (Å²) in [6.45, 7) is 1.42. The van der Waals surface area contributed by atoms with Crippen LogP contribution in [-0.4, -0.2) is 28.6 Å². The fourth-order valence-electron chi connectivity index (χ4n) is 1.36. The van der Waals surface area contributed by atoms with Gasteiger partial charge >= 0.3 is 0 Å².